The summed E-state index contributed by atoms with van der Waals surface area (Å²) in [6, 6.07) is 10.6. The fourth-order valence-electron chi connectivity index (χ4n) is 1.78. The van der Waals surface area contributed by atoms with Crippen molar-refractivity contribution in [2.45, 2.75) is 0 Å². The Hall–Kier alpha value is -3.14. The maximum Gasteiger partial charge on any atom is 0.269 e. The summed E-state index contributed by atoms with van der Waals surface area (Å²) in [4.78, 5) is 23.4. The van der Waals surface area contributed by atoms with E-state index < -0.39 is 15.7 Å². The average molecular weight is 409 g/mol. The lowest BCUT2D eigenvalue weighted by Gasteiger charge is -2.02. The second-order valence-corrected chi connectivity index (χ2v) is 5.28. The van der Waals surface area contributed by atoms with Gasteiger partial charge in [0.2, 0.25) is 0 Å². The number of hydrogen-bond donors (Lipinski definition) is 0. The van der Waals surface area contributed by atoms with Crippen molar-refractivity contribution in [1.29, 1.82) is 0 Å². The van der Waals surface area contributed by atoms with Crippen molar-refractivity contribution >= 4 is 27.3 Å². The molecule has 0 aliphatic carbocycles. The minimum atomic E-state index is -0.570. The number of nitro benzene ring substituents is 2. The van der Waals surface area contributed by atoms with E-state index in [1.807, 2.05) is 0 Å². The van der Waals surface area contributed by atoms with E-state index in [2.05, 4.69) is 20.9 Å². The van der Waals surface area contributed by atoms with E-state index in [-0.39, 0.29) is 11.4 Å². The highest BCUT2D eigenvalue weighted by Gasteiger charge is 2.06. The number of aromatic nitrogens is 2. The van der Waals surface area contributed by atoms with E-state index in [0.717, 1.165) is 30.0 Å². The van der Waals surface area contributed by atoms with Gasteiger partial charge in [-0.1, -0.05) is 0 Å². The molecular weight excluding hydrogens is 399 g/mol. The summed E-state index contributed by atoms with van der Waals surface area (Å²) in [5.74, 6) is -0.467. The third-order valence-electron chi connectivity index (χ3n) is 2.97. The van der Waals surface area contributed by atoms with Crippen molar-refractivity contribution in [3.05, 3.63) is 91.7 Å². The molecule has 1 aromatic heterocycles. The molecule has 10 heteroatoms. The molecule has 3 rings (SSSR count). The lowest BCUT2D eigenvalue weighted by molar-refractivity contribution is -0.385. The van der Waals surface area contributed by atoms with E-state index in [4.69, 9.17) is 0 Å². The molecule has 0 N–H and O–H groups in total. The highest BCUT2D eigenvalue weighted by Crippen LogP contribution is 2.18. The molecule has 0 fully saturated rings. The predicted molar refractivity (Wildman–Crippen MR) is 91.0 cm³/mol. The van der Waals surface area contributed by atoms with Crippen molar-refractivity contribution in [1.82, 2.24) is 9.55 Å². The SMILES string of the molecule is O=[N+]([O-])c1ccc(-n2ccnc2Br)cc1.O=[N+]([O-])c1ccc(F)cc1. The van der Waals surface area contributed by atoms with Crippen molar-refractivity contribution in [2.75, 3.05) is 0 Å². The number of nitrogens with zero attached hydrogens (tertiary/aromatic N) is 4. The van der Waals surface area contributed by atoms with Crippen LogP contribution in [0.4, 0.5) is 15.8 Å². The first-order chi connectivity index (χ1) is 11.9. The smallest absolute Gasteiger partial charge is 0.269 e. The molecule has 0 amide bonds. The molecule has 3 aromatic rings. The van der Waals surface area contributed by atoms with Gasteiger partial charge < -0.3 is 0 Å². The van der Waals surface area contributed by atoms with Gasteiger partial charge in [0, 0.05) is 42.3 Å². The molecule has 0 spiro atoms. The van der Waals surface area contributed by atoms with Crippen LogP contribution in [-0.2, 0) is 0 Å². The van der Waals surface area contributed by atoms with Gasteiger partial charge in [-0.3, -0.25) is 24.8 Å². The molecule has 0 unspecified atom stereocenters. The fraction of sp³-hybridized carbons (Fsp3) is 0. The van der Waals surface area contributed by atoms with Gasteiger partial charge in [-0.25, -0.2) is 9.37 Å². The average Bonchev–Trinajstić information content (AvgIpc) is 3.02. The summed E-state index contributed by atoms with van der Waals surface area (Å²) in [7, 11) is 0. The predicted octanol–water partition coefficient (Wildman–Crippen LogP) is 4.28. The first-order valence-corrected chi connectivity index (χ1v) is 7.51. The van der Waals surface area contributed by atoms with Crippen molar-refractivity contribution < 1.29 is 14.2 Å². The second-order valence-electron chi connectivity index (χ2n) is 4.57. The van der Waals surface area contributed by atoms with Crippen LogP contribution in [0.15, 0.2) is 65.7 Å². The van der Waals surface area contributed by atoms with Crippen LogP contribution in [0.1, 0.15) is 0 Å². The van der Waals surface area contributed by atoms with E-state index in [0.29, 0.717) is 4.73 Å². The van der Waals surface area contributed by atoms with Crippen LogP contribution in [0, 0.1) is 26.0 Å². The van der Waals surface area contributed by atoms with Crippen molar-refractivity contribution in [3.8, 4) is 5.69 Å². The maximum atomic E-state index is 12.1. The number of rotatable bonds is 3. The molecule has 0 radical (unpaired) electrons. The number of halogens is 2. The lowest BCUT2D eigenvalue weighted by Crippen LogP contribution is -1.93. The summed E-state index contributed by atoms with van der Waals surface area (Å²) < 4.78 is 14.6. The van der Waals surface area contributed by atoms with Crippen LogP contribution in [0.25, 0.3) is 5.69 Å². The van der Waals surface area contributed by atoms with Gasteiger partial charge >= 0.3 is 0 Å². The number of benzene rings is 2. The zero-order valence-electron chi connectivity index (χ0n) is 12.5. The normalized spacial score (nSPS) is 9.84. The highest BCUT2D eigenvalue weighted by molar-refractivity contribution is 9.10. The molecule has 1 heterocycles. The monoisotopic (exact) mass is 408 g/mol. The molecule has 0 aliphatic rings. The van der Waals surface area contributed by atoms with E-state index in [1.54, 1.807) is 29.1 Å². The highest BCUT2D eigenvalue weighted by atomic mass is 79.9. The Bertz CT molecular complexity index is 881. The van der Waals surface area contributed by atoms with Gasteiger partial charge in [0.1, 0.15) is 5.82 Å². The van der Waals surface area contributed by atoms with E-state index >= 15 is 0 Å². The Morgan fingerprint density at radius 1 is 0.920 bits per heavy atom. The standard InChI is InChI=1S/C9H6BrN3O2.C6H4FNO2/c10-9-11-5-6-12(9)7-1-3-8(4-2-7)13(14)15;7-5-1-3-6(4-2-5)8(9)10/h1-6H;1-4H. The summed E-state index contributed by atoms with van der Waals surface area (Å²) in [5.41, 5.74) is 0.807. The molecule has 2 aromatic carbocycles. The van der Waals surface area contributed by atoms with Crippen LogP contribution < -0.4 is 0 Å². The minimum Gasteiger partial charge on any atom is -0.294 e. The molecule has 8 nitrogen and oxygen atoms in total. The lowest BCUT2D eigenvalue weighted by atomic mass is 10.3. The first kappa shape index (κ1) is 18.2. The summed E-state index contributed by atoms with van der Waals surface area (Å²) in [5, 5.41) is 20.4. The van der Waals surface area contributed by atoms with E-state index in [9.17, 15) is 24.6 Å². The van der Waals surface area contributed by atoms with Crippen LogP contribution in [0.2, 0.25) is 0 Å². The number of non-ortho nitro benzene ring substituents is 2. The summed E-state index contributed by atoms with van der Waals surface area (Å²) in [6.45, 7) is 0. The summed E-state index contributed by atoms with van der Waals surface area (Å²) in [6.07, 6.45) is 3.41. The Balaban J connectivity index is 0.000000196. The maximum absolute atomic E-state index is 12.1. The van der Waals surface area contributed by atoms with E-state index in [1.165, 1.54) is 12.1 Å². The van der Waals surface area contributed by atoms with Crippen LogP contribution in [-0.4, -0.2) is 19.4 Å². The Morgan fingerprint density at radius 2 is 1.40 bits per heavy atom. The summed E-state index contributed by atoms with van der Waals surface area (Å²) >= 11 is 3.27. The zero-order valence-corrected chi connectivity index (χ0v) is 14.0. The number of hydrogen-bond acceptors (Lipinski definition) is 5. The number of imidazole rings is 1. The van der Waals surface area contributed by atoms with Gasteiger partial charge in [-0.2, -0.15) is 0 Å². The Labute approximate surface area is 149 Å². The van der Waals surface area contributed by atoms with Gasteiger partial charge in [0.05, 0.1) is 9.85 Å². The third kappa shape index (κ3) is 4.91. The number of nitro groups is 2. The third-order valence-corrected chi connectivity index (χ3v) is 3.56. The molecule has 0 saturated heterocycles. The molecular formula is C15H10BrFN4O4. The molecule has 25 heavy (non-hydrogen) atoms. The minimum absolute atomic E-state index is 0.0787. The first-order valence-electron chi connectivity index (χ1n) is 6.72. The zero-order chi connectivity index (χ0) is 18.4. The van der Waals surface area contributed by atoms with Crippen LogP contribution in [0.5, 0.6) is 0 Å². The van der Waals surface area contributed by atoms with Gasteiger partial charge in [0.15, 0.2) is 4.73 Å². The van der Waals surface area contributed by atoms with Crippen molar-refractivity contribution in [3.63, 3.8) is 0 Å². The van der Waals surface area contributed by atoms with Gasteiger partial charge in [-0.05, 0) is 40.2 Å². The van der Waals surface area contributed by atoms with Gasteiger partial charge in [-0.15, -0.1) is 0 Å². The van der Waals surface area contributed by atoms with Crippen LogP contribution >= 0.6 is 15.9 Å². The molecule has 0 bridgehead atoms. The van der Waals surface area contributed by atoms with Gasteiger partial charge in [0.25, 0.3) is 11.4 Å². The van der Waals surface area contributed by atoms with Crippen LogP contribution in [0.3, 0.4) is 0 Å². The largest absolute Gasteiger partial charge is 0.294 e. The Kier molecular flexibility index (Phi) is 5.90. The second kappa shape index (κ2) is 8.11. The Morgan fingerprint density at radius 3 is 1.80 bits per heavy atom. The molecule has 0 saturated carbocycles. The fourth-order valence-corrected chi connectivity index (χ4v) is 2.22. The quantitative estimate of drug-likeness (QED) is 0.475. The van der Waals surface area contributed by atoms with Crippen molar-refractivity contribution in [2.24, 2.45) is 0 Å². The topological polar surface area (TPSA) is 104 Å². The molecule has 0 atom stereocenters. The molecule has 128 valence electrons. The molecule has 0 aliphatic heterocycles.